The molecule has 110 valence electrons. The molecule has 0 spiro atoms. The highest BCUT2D eigenvalue weighted by Gasteiger charge is 2.14. The Morgan fingerprint density at radius 2 is 2.14 bits per heavy atom. The molecule has 0 saturated heterocycles. The molecular formula is C13H15N5O3. The van der Waals surface area contributed by atoms with Gasteiger partial charge < -0.3 is 10.2 Å². The molecule has 0 unspecified atom stereocenters. The number of hydrogen-bond donors (Lipinski definition) is 2. The van der Waals surface area contributed by atoms with Gasteiger partial charge in [-0.2, -0.15) is 0 Å². The fourth-order valence-electron chi connectivity index (χ4n) is 1.88. The van der Waals surface area contributed by atoms with Crippen molar-refractivity contribution in [3.63, 3.8) is 0 Å². The van der Waals surface area contributed by atoms with Crippen LogP contribution in [0.1, 0.15) is 11.3 Å². The molecule has 0 aliphatic heterocycles. The van der Waals surface area contributed by atoms with Gasteiger partial charge in [0.25, 0.3) is 5.69 Å². The molecule has 2 rings (SSSR count). The van der Waals surface area contributed by atoms with Crippen molar-refractivity contribution < 1.29 is 9.66 Å². The second kappa shape index (κ2) is 6.25. The number of aromatic nitrogens is 2. The van der Waals surface area contributed by atoms with E-state index >= 15 is 0 Å². The number of hydrogen-bond acceptors (Lipinski definition) is 7. The maximum Gasteiger partial charge on any atom is 0.270 e. The van der Waals surface area contributed by atoms with Crippen LogP contribution in [0.3, 0.4) is 0 Å². The molecular weight excluding hydrogens is 274 g/mol. The molecule has 0 atom stereocenters. The lowest BCUT2D eigenvalue weighted by Crippen LogP contribution is -2.11. The van der Waals surface area contributed by atoms with Crippen molar-refractivity contribution in [2.24, 2.45) is 5.84 Å². The van der Waals surface area contributed by atoms with Gasteiger partial charge >= 0.3 is 0 Å². The molecule has 0 fully saturated rings. The molecule has 0 saturated carbocycles. The molecule has 0 aliphatic rings. The number of benzene rings is 1. The summed E-state index contributed by atoms with van der Waals surface area (Å²) in [5, 5.41) is 10.9. The number of nitro groups is 1. The van der Waals surface area contributed by atoms with Gasteiger partial charge in [0.15, 0.2) is 5.82 Å². The van der Waals surface area contributed by atoms with Gasteiger partial charge in [0.1, 0.15) is 5.82 Å². The van der Waals surface area contributed by atoms with Gasteiger partial charge in [-0.1, -0.05) is 6.07 Å². The minimum absolute atomic E-state index is 0.0152. The first-order valence-electron chi connectivity index (χ1n) is 6.14. The molecule has 3 N–H and O–H groups in total. The minimum atomic E-state index is -0.454. The lowest BCUT2D eigenvalue weighted by atomic mass is 10.1. The number of ether oxygens (including phenoxy) is 1. The van der Waals surface area contributed by atoms with Crippen molar-refractivity contribution in [2.75, 3.05) is 12.5 Å². The Kier molecular flexibility index (Phi) is 4.41. The number of nitro benzene ring substituents is 1. The van der Waals surface area contributed by atoms with Crippen LogP contribution in [-0.2, 0) is 11.3 Å². The summed E-state index contributed by atoms with van der Waals surface area (Å²) in [6.07, 6.45) is 0. The highest BCUT2D eigenvalue weighted by Crippen LogP contribution is 2.26. The third-order valence-corrected chi connectivity index (χ3v) is 2.89. The fourth-order valence-corrected chi connectivity index (χ4v) is 1.88. The van der Waals surface area contributed by atoms with E-state index in [0.717, 1.165) is 5.56 Å². The molecule has 8 heteroatoms. The van der Waals surface area contributed by atoms with Crippen molar-refractivity contribution in [1.29, 1.82) is 0 Å². The number of hydrazine groups is 1. The first kappa shape index (κ1) is 14.8. The Bertz CT molecular complexity index is 675. The summed E-state index contributed by atoms with van der Waals surface area (Å²) in [6, 6.07) is 6.20. The van der Waals surface area contributed by atoms with E-state index in [1.54, 1.807) is 19.2 Å². The molecule has 8 nitrogen and oxygen atoms in total. The summed E-state index contributed by atoms with van der Waals surface area (Å²) >= 11 is 0. The van der Waals surface area contributed by atoms with Crippen LogP contribution in [0.25, 0.3) is 11.4 Å². The van der Waals surface area contributed by atoms with E-state index in [1.807, 2.05) is 6.92 Å². The van der Waals surface area contributed by atoms with Gasteiger partial charge in [-0.15, -0.1) is 0 Å². The van der Waals surface area contributed by atoms with Crippen LogP contribution >= 0.6 is 0 Å². The lowest BCUT2D eigenvalue weighted by molar-refractivity contribution is -0.384. The van der Waals surface area contributed by atoms with Gasteiger partial charge in [0.2, 0.25) is 0 Å². The number of nitrogens with one attached hydrogen (secondary N) is 1. The van der Waals surface area contributed by atoms with E-state index < -0.39 is 4.92 Å². The van der Waals surface area contributed by atoms with E-state index in [0.29, 0.717) is 22.9 Å². The van der Waals surface area contributed by atoms with Gasteiger partial charge in [0.05, 0.1) is 17.2 Å². The van der Waals surface area contributed by atoms with Gasteiger partial charge in [-0.25, -0.2) is 15.8 Å². The summed E-state index contributed by atoms with van der Waals surface area (Å²) in [5.74, 6) is 6.16. The SMILES string of the molecule is COCc1cc(NN)nc(-c2cc([N+](=O)[O-])ccc2C)n1. The van der Waals surface area contributed by atoms with Crippen LogP contribution in [-0.4, -0.2) is 22.0 Å². The van der Waals surface area contributed by atoms with Crippen molar-refractivity contribution in [2.45, 2.75) is 13.5 Å². The van der Waals surface area contributed by atoms with Crippen LogP contribution in [0.5, 0.6) is 0 Å². The van der Waals surface area contributed by atoms with Crippen LogP contribution in [0.4, 0.5) is 11.5 Å². The second-order valence-corrected chi connectivity index (χ2v) is 4.40. The van der Waals surface area contributed by atoms with Crippen molar-refractivity contribution in [3.8, 4) is 11.4 Å². The highest BCUT2D eigenvalue weighted by atomic mass is 16.6. The molecule has 1 aromatic carbocycles. The van der Waals surface area contributed by atoms with Crippen LogP contribution in [0.2, 0.25) is 0 Å². The number of aryl methyl sites for hydroxylation is 1. The monoisotopic (exact) mass is 289 g/mol. The molecule has 0 aliphatic carbocycles. The summed E-state index contributed by atoms with van der Waals surface area (Å²) in [6.45, 7) is 2.12. The summed E-state index contributed by atoms with van der Waals surface area (Å²) in [5.41, 5.74) is 4.48. The molecule has 0 radical (unpaired) electrons. The lowest BCUT2D eigenvalue weighted by Gasteiger charge is -2.09. The van der Waals surface area contributed by atoms with E-state index in [9.17, 15) is 10.1 Å². The summed E-state index contributed by atoms with van der Waals surface area (Å²) in [4.78, 5) is 19.0. The van der Waals surface area contributed by atoms with Crippen molar-refractivity contribution in [3.05, 3.63) is 45.6 Å². The Hall–Kier alpha value is -2.58. The predicted molar refractivity (Wildman–Crippen MR) is 77.4 cm³/mol. The van der Waals surface area contributed by atoms with E-state index in [-0.39, 0.29) is 12.3 Å². The number of nitrogens with zero attached hydrogens (tertiary/aromatic N) is 3. The van der Waals surface area contributed by atoms with Crippen LogP contribution in [0, 0.1) is 17.0 Å². The second-order valence-electron chi connectivity index (χ2n) is 4.40. The van der Waals surface area contributed by atoms with Gasteiger partial charge in [0, 0.05) is 30.9 Å². The Balaban J connectivity index is 2.57. The van der Waals surface area contributed by atoms with E-state index in [2.05, 4.69) is 15.4 Å². The maximum absolute atomic E-state index is 10.9. The van der Waals surface area contributed by atoms with E-state index in [4.69, 9.17) is 10.6 Å². The van der Waals surface area contributed by atoms with Gasteiger partial charge in [-0.05, 0) is 12.5 Å². The van der Waals surface area contributed by atoms with Crippen molar-refractivity contribution in [1.82, 2.24) is 9.97 Å². The topological polar surface area (TPSA) is 116 Å². The van der Waals surface area contributed by atoms with E-state index in [1.165, 1.54) is 12.1 Å². The average Bonchev–Trinajstić information content (AvgIpc) is 2.47. The quantitative estimate of drug-likeness (QED) is 0.489. The average molecular weight is 289 g/mol. The molecule has 2 aromatic rings. The zero-order valence-corrected chi connectivity index (χ0v) is 11.7. The first-order chi connectivity index (χ1) is 10.0. The van der Waals surface area contributed by atoms with Crippen LogP contribution in [0.15, 0.2) is 24.3 Å². The van der Waals surface area contributed by atoms with Crippen LogP contribution < -0.4 is 11.3 Å². The number of nitrogen functional groups attached to an aromatic ring is 1. The number of methoxy groups -OCH3 is 1. The zero-order valence-electron chi connectivity index (χ0n) is 11.7. The van der Waals surface area contributed by atoms with Gasteiger partial charge in [-0.3, -0.25) is 10.1 Å². The normalized spacial score (nSPS) is 10.4. The third-order valence-electron chi connectivity index (χ3n) is 2.89. The molecule has 1 heterocycles. The summed E-state index contributed by atoms with van der Waals surface area (Å²) in [7, 11) is 1.55. The fraction of sp³-hybridized carbons (Fsp3) is 0.231. The number of rotatable bonds is 5. The zero-order chi connectivity index (χ0) is 15.4. The smallest absolute Gasteiger partial charge is 0.270 e. The maximum atomic E-state index is 10.9. The Morgan fingerprint density at radius 3 is 2.76 bits per heavy atom. The first-order valence-corrected chi connectivity index (χ1v) is 6.14. The molecule has 1 aromatic heterocycles. The number of anilines is 1. The minimum Gasteiger partial charge on any atom is -0.378 e. The molecule has 0 amide bonds. The molecule has 0 bridgehead atoms. The largest absolute Gasteiger partial charge is 0.378 e. The summed E-state index contributed by atoms with van der Waals surface area (Å²) < 4.78 is 5.04. The predicted octanol–water partition coefficient (Wildman–Crippen LogP) is 1.79. The number of non-ortho nitro benzene ring substituents is 1. The third kappa shape index (κ3) is 3.30. The molecule has 21 heavy (non-hydrogen) atoms. The standard InChI is InChI=1S/C13H15N5O3/c1-8-3-4-10(18(19)20)6-11(8)13-15-9(7-21-2)5-12(16-13)17-14/h3-6H,7,14H2,1-2H3,(H,15,16,17). The van der Waals surface area contributed by atoms with Crippen molar-refractivity contribution >= 4 is 11.5 Å². The Morgan fingerprint density at radius 1 is 1.38 bits per heavy atom. The number of nitrogens with two attached hydrogens (primary N) is 1. The highest BCUT2D eigenvalue weighted by molar-refractivity contribution is 5.65. The Labute approximate surface area is 121 Å².